The van der Waals surface area contributed by atoms with Gasteiger partial charge in [0, 0.05) is 30.9 Å². The second kappa shape index (κ2) is 6.02. The van der Waals surface area contributed by atoms with Crippen LogP contribution in [0.2, 0.25) is 0 Å². The van der Waals surface area contributed by atoms with Crippen LogP contribution in [0.25, 0.3) is 0 Å². The van der Waals surface area contributed by atoms with Crippen LogP contribution in [0.4, 0.5) is 5.82 Å². The van der Waals surface area contributed by atoms with E-state index in [-0.39, 0.29) is 17.6 Å². The van der Waals surface area contributed by atoms with E-state index >= 15 is 0 Å². The number of nitrogens with zero attached hydrogens (tertiary/aromatic N) is 2. The lowest BCUT2D eigenvalue weighted by molar-refractivity contribution is -0.118. The number of pyridine rings is 1. The Bertz CT molecular complexity index is 528. The molecule has 5 heteroatoms. The van der Waals surface area contributed by atoms with Crippen LogP contribution in [0.5, 0.6) is 0 Å². The lowest BCUT2D eigenvalue weighted by Gasteiger charge is -2.41. The molecule has 1 amide bonds. The van der Waals surface area contributed by atoms with Gasteiger partial charge in [-0.25, -0.2) is 4.98 Å². The van der Waals surface area contributed by atoms with Gasteiger partial charge in [-0.05, 0) is 46.8 Å². The number of morpholine rings is 1. The first-order valence-electron chi connectivity index (χ1n) is 7.50. The minimum absolute atomic E-state index is 0.0443. The molecule has 116 valence electrons. The molecule has 1 aromatic heterocycles. The average Bonchev–Trinajstić information content (AvgIpc) is 2.35. The molecule has 1 aliphatic heterocycles. The van der Waals surface area contributed by atoms with Gasteiger partial charge in [-0.15, -0.1) is 0 Å². The number of hydrogen-bond donors (Lipinski definition) is 1. The summed E-state index contributed by atoms with van der Waals surface area (Å²) in [4.78, 5) is 19.0. The van der Waals surface area contributed by atoms with Crippen molar-refractivity contribution in [2.45, 2.75) is 46.3 Å². The third kappa shape index (κ3) is 3.94. The maximum absolute atomic E-state index is 12.8. The Balaban J connectivity index is 2.23. The van der Waals surface area contributed by atoms with Crippen molar-refractivity contribution in [2.24, 2.45) is 0 Å². The van der Waals surface area contributed by atoms with Crippen molar-refractivity contribution in [1.82, 2.24) is 9.88 Å². The molecule has 0 spiro atoms. The van der Waals surface area contributed by atoms with Gasteiger partial charge in [-0.2, -0.15) is 0 Å². The molecule has 0 aliphatic carbocycles. The number of ether oxygens (including phenoxy) is 1. The van der Waals surface area contributed by atoms with Crippen LogP contribution < -0.4 is 5.32 Å². The molecular formula is C16H25N3O2. The molecule has 21 heavy (non-hydrogen) atoms. The van der Waals surface area contributed by atoms with E-state index in [1.807, 2.05) is 51.7 Å². The highest BCUT2D eigenvalue weighted by Crippen LogP contribution is 2.23. The quantitative estimate of drug-likeness (QED) is 0.929. The molecule has 2 rings (SSSR count). The van der Waals surface area contributed by atoms with E-state index in [0.717, 1.165) is 18.1 Å². The van der Waals surface area contributed by atoms with Gasteiger partial charge in [0.1, 0.15) is 5.82 Å². The fourth-order valence-corrected chi connectivity index (χ4v) is 2.85. The molecule has 0 radical (unpaired) electrons. The Morgan fingerprint density at radius 2 is 2.24 bits per heavy atom. The first-order chi connectivity index (χ1) is 9.80. The molecule has 2 heterocycles. The fraction of sp³-hybridized carbons (Fsp3) is 0.625. The summed E-state index contributed by atoms with van der Waals surface area (Å²) in [6.07, 6.45) is 0.0499. The smallest absolute Gasteiger partial charge is 0.254 e. The number of aryl methyl sites for hydroxylation is 1. The predicted molar refractivity (Wildman–Crippen MR) is 83.7 cm³/mol. The Hall–Kier alpha value is -1.62. The van der Waals surface area contributed by atoms with Crippen LogP contribution >= 0.6 is 0 Å². The van der Waals surface area contributed by atoms with Gasteiger partial charge in [0.05, 0.1) is 11.7 Å². The maximum Gasteiger partial charge on any atom is 0.254 e. The van der Waals surface area contributed by atoms with Crippen molar-refractivity contribution in [1.29, 1.82) is 0 Å². The molecule has 1 unspecified atom stereocenters. The average molecular weight is 291 g/mol. The van der Waals surface area contributed by atoms with Gasteiger partial charge >= 0.3 is 0 Å². The summed E-state index contributed by atoms with van der Waals surface area (Å²) >= 11 is 0. The van der Waals surface area contributed by atoms with Crippen molar-refractivity contribution < 1.29 is 9.53 Å². The van der Waals surface area contributed by atoms with Crippen LogP contribution in [-0.2, 0) is 4.74 Å². The van der Waals surface area contributed by atoms with Gasteiger partial charge in [0.15, 0.2) is 0 Å². The van der Waals surface area contributed by atoms with Crippen molar-refractivity contribution in [3.05, 3.63) is 23.4 Å². The lowest BCUT2D eigenvalue weighted by atomic mass is 10.0. The molecule has 1 N–H and O–H groups in total. The van der Waals surface area contributed by atoms with E-state index in [4.69, 9.17) is 4.74 Å². The summed E-state index contributed by atoms with van der Waals surface area (Å²) in [5.41, 5.74) is 1.22. The SMILES string of the molecule is CCNc1cc(C(=O)N2CC(C)OC(C)(C)C2)cc(C)n1. The molecule has 0 aromatic carbocycles. The summed E-state index contributed by atoms with van der Waals surface area (Å²) in [7, 11) is 0. The number of nitrogens with one attached hydrogen (secondary N) is 1. The molecule has 1 aromatic rings. The number of carbonyl (C=O) groups is 1. The monoisotopic (exact) mass is 291 g/mol. The van der Waals surface area contributed by atoms with E-state index < -0.39 is 0 Å². The molecule has 5 nitrogen and oxygen atoms in total. The van der Waals surface area contributed by atoms with Crippen LogP contribution in [-0.4, -0.2) is 47.1 Å². The number of rotatable bonds is 3. The maximum atomic E-state index is 12.8. The summed E-state index contributed by atoms with van der Waals surface area (Å²) in [6, 6.07) is 3.67. The van der Waals surface area contributed by atoms with Gasteiger partial charge in [0.25, 0.3) is 5.91 Å². The molecule has 1 fully saturated rings. The molecular weight excluding hydrogens is 266 g/mol. The number of amides is 1. The molecule has 1 atom stereocenters. The third-order valence-corrected chi connectivity index (χ3v) is 3.41. The minimum Gasteiger partial charge on any atom is -0.370 e. The van der Waals surface area contributed by atoms with E-state index in [1.165, 1.54) is 0 Å². The van der Waals surface area contributed by atoms with Crippen LogP contribution in [0.1, 0.15) is 43.7 Å². The van der Waals surface area contributed by atoms with Crippen LogP contribution in [0.15, 0.2) is 12.1 Å². The van der Waals surface area contributed by atoms with Crippen LogP contribution in [0.3, 0.4) is 0 Å². The Morgan fingerprint density at radius 1 is 1.52 bits per heavy atom. The van der Waals surface area contributed by atoms with Gasteiger partial charge in [-0.3, -0.25) is 4.79 Å². The normalized spacial score (nSPS) is 21.2. The number of hydrogen-bond acceptors (Lipinski definition) is 4. The fourth-order valence-electron chi connectivity index (χ4n) is 2.85. The van der Waals surface area contributed by atoms with Crippen molar-refractivity contribution in [2.75, 3.05) is 25.0 Å². The molecule has 0 bridgehead atoms. The zero-order valence-electron chi connectivity index (χ0n) is 13.6. The zero-order valence-corrected chi connectivity index (χ0v) is 13.6. The summed E-state index contributed by atoms with van der Waals surface area (Å²) in [5.74, 6) is 0.796. The first kappa shape index (κ1) is 15.8. The first-order valence-corrected chi connectivity index (χ1v) is 7.50. The second-order valence-corrected chi connectivity index (χ2v) is 6.29. The van der Waals surface area contributed by atoms with Gasteiger partial charge in [-0.1, -0.05) is 0 Å². The Kier molecular flexibility index (Phi) is 4.52. The van der Waals surface area contributed by atoms with Crippen molar-refractivity contribution in [3.8, 4) is 0 Å². The Morgan fingerprint density at radius 3 is 2.86 bits per heavy atom. The molecule has 0 saturated carbocycles. The number of carbonyl (C=O) groups excluding carboxylic acids is 1. The standard InChI is InChI=1S/C16H25N3O2/c1-6-17-14-8-13(7-11(2)18-14)15(20)19-9-12(3)21-16(4,5)10-19/h7-8,12H,6,9-10H2,1-5H3,(H,17,18). The number of anilines is 1. The van der Waals surface area contributed by atoms with E-state index in [2.05, 4.69) is 10.3 Å². The zero-order chi connectivity index (χ0) is 15.6. The molecule has 1 aliphatic rings. The predicted octanol–water partition coefficient (Wildman–Crippen LogP) is 2.46. The van der Waals surface area contributed by atoms with Crippen LogP contribution in [0, 0.1) is 6.92 Å². The summed E-state index contributed by atoms with van der Waals surface area (Å²) in [6.45, 7) is 12.0. The Labute approximate surface area is 126 Å². The largest absolute Gasteiger partial charge is 0.370 e. The van der Waals surface area contributed by atoms with E-state index in [9.17, 15) is 4.79 Å². The van der Waals surface area contributed by atoms with E-state index in [0.29, 0.717) is 18.7 Å². The third-order valence-electron chi connectivity index (χ3n) is 3.41. The highest BCUT2D eigenvalue weighted by atomic mass is 16.5. The highest BCUT2D eigenvalue weighted by molar-refractivity contribution is 5.95. The van der Waals surface area contributed by atoms with Crippen molar-refractivity contribution in [3.63, 3.8) is 0 Å². The highest BCUT2D eigenvalue weighted by Gasteiger charge is 2.34. The van der Waals surface area contributed by atoms with Gasteiger partial charge in [0.2, 0.25) is 0 Å². The lowest BCUT2D eigenvalue weighted by Crippen LogP contribution is -2.53. The minimum atomic E-state index is -0.306. The molecule has 1 saturated heterocycles. The number of aromatic nitrogens is 1. The topological polar surface area (TPSA) is 54.5 Å². The second-order valence-electron chi connectivity index (χ2n) is 6.29. The van der Waals surface area contributed by atoms with E-state index in [1.54, 1.807) is 0 Å². The summed E-state index contributed by atoms with van der Waals surface area (Å²) in [5, 5.41) is 3.17. The summed E-state index contributed by atoms with van der Waals surface area (Å²) < 4.78 is 5.86. The van der Waals surface area contributed by atoms with Crippen molar-refractivity contribution >= 4 is 11.7 Å². The van der Waals surface area contributed by atoms with Gasteiger partial charge < -0.3 is 15.0 Å².